The van der Waals surface area contributed by atoms with E-state index in [2.05, 4.69) is 26.5 Å². The summed E-state index contributed by atoms with van der Waals surface area (Å²) in [5.41, 5.74) is 4.48. The van der Waals surface area contributed by atoms with Crippen molar-refractivity contribution in [3.8, 4) is 11.5 Å². The van der Waals surface area contributed by atoms with Crippen molar-refractivity contribution in [1.29, 1.82) is 0 Å². The number of aliphatic hydroxyl groups is 1. The van der Waals surface area contributed by atoms with Crippen molar-refractivity contribution in [2.45, 2.75) is 97.6 Å². The number of carboxylic acids is 1. The fraction of sp³-hybridized carbons (Fsp3) is 0.576. The maximum absolute atomic E-state index is 12.9. The zero-order valence-electron chi connectivity index (χ0n) is 24.6. The zero-order chi connectivity index (χ0) is 29.3. The van der Waals surface area contributed by atoms with Gasteiger partial charge in [-0.05, 0) is 70.1 Å². The van der Waals surface area contributed by atoms with Crippen LogP contribution in [0.4, 0.5) is 0 Å². The Hall–Kier alpha value is -3.06. The molecule has 0 bridgehead atoms. The highest BCUT2D eigenvalue weighted by atomic mass is 16.5. The lowest BCUT2D eigenvalue weighted by atomic mass is 9.73. The van der Waals surface area contributed by atoms with Crippen molar-refractivity contribution < 1.29 is 29.6 Å². The molecule has 1 unspecified atom stereocenters. The molecule has 1 amide bonds. The first-order valence-electron chi connectivity index (χ1n) is 14.7. The summed E-state index contributed by atoms with van der Waals surface area (Å²) in [6.07, 6.45) is 7.48. The minimum absolute atomic E-state index is 0.0202. The SMILES string of the molecule is C=C(C)[C@@H]1CCC(C)=C[C@H]1c1c(O)cc(CCCCC)cc1OCC1=C(C(=O)O)N2C(=O)C[C@@H]([C@@H](C)O)C2[C@H]1C. The van der Waals surface area contributed by atoms with Crippen LogP contribution in [0.5, 0.6) is 11.5 Å². The molecule has 1 saturated heterocycles. The van der Waals surface area contributed by atoms with Crippen LogP contribution in [0.1, 0.15) is 90.2 Å². The number of hydrogen-bond acceptors (Lipinski definition) is 5. The van der Waals surface area contributed by atoms with Gasteiger partial charge in [-0.15, -0.1) is 0 Å². The maximum Gasteiger partial charge on any atom is 0.352 e. The number of nitrogens with zero attached hydrogens (tertiary/aromatic N) is 1. The Bertz CT molecular complexity index is 1230. The summed E-state index contributed by atoms with van der Waals surface area (Å²) in [5.74, 6) is -1.31. The topological polar surface area (TPSA) is 107 Å². The van der Waals surface area contributed by atoms with E-state index in [9.17, 15) is 24.9 Å². The van der Waals surface area contributed by atoms with Gasteiger partial charge in [0.15, 0.2) is 0 Å². The normalized spacial score (nSPS) is 27.1. The molecule has 2 heterocycles. The van der Waals surface area contributed by atoms with Gasteiger partial charge < -0.3 is 25.0 Å². The summed E-state index contributed by atoms with van der Waals surface area (Å²) in [5, 5.41) is 31.9. The van der Waals surface area contributed by atoms with Gasteiger partial charge in [0.05, 0.1) is 6.10 Å². The number of aryl methyl sites for hydroxylation is 1. The number of ether oxygens (including phenoxy) is 1. The molecule has 7 heteroatoms. The molecule has 2 aliphatic heterocycles. The molecule has 6 atom stereocenters. The van der Waals surface area contributed by atoms with Gasteiger partial charge in [-0.25, -0.2) is 4.79 Å². The van der Waals surface area contributed by atoms with Crippen LogP contribution in [0.25, 0.3) is 0 Å². The van der Waals surface area contributed by atoms with Gasteiger partial charge in [-0.2, -0.15) is 0 Å². The van der Waals surface area contributed by atoms with E-state index in [4.69, 9.17) is 4.74 Å². The molecule has 0 aromatic heterocycles. The molecular formula is C33H45NO6. The quantitative estimate of drug-likeness (QED) is 0.226. The van der Waals surface area contributed by atoms with E-state index in [0.29, 0.717) is 16.9 Å². The van der Waals surface area contributed by atoms with Crippen LogP contribution in [0.15, 0.2) is 47.2 Å². The first-order valence-corrected chi connectivity index (χ1v) is 14.7. The van der Waals surface area contributed by atoms with Gasteiger partial charge in [0, 0.05) is 41.4 Å². The van der Waals surface area contributed by atoms with Crippen molar-refractivity contribution in [2.75, 3.05) is 6.61 Å². The second kappa shape index (κ2) is 12.2. The van der Waals surface area contributed by atoms with E-state index in [1.807, 2.05) is 26.0 Å². The van der Waals surface area contributed by atoms with E-state index in [1.165, 1.54) is 10.5 Å². The minimum atomic E-state index is -1.17. The number of aliphatic carboxylic acids is 1. The monoisotopic (exact) mass is 551 g/mol. The Labute approximate surface area is 238 Å². The number of rotatable bonds is 11. The molecule has 40 heavy (non-hydrogen) atoms. The highest BCUT2D eigenvalue weighted by Crippen LogP contribution is 2.48. The van der Waals surface area contributed by atoms with E-state index in [0.717, 1.165) is 49.7 Å². The third-order valence-electron chi connectivity index (χ3n) is 9.19. The number of aliphatic hydroxyl groups excluding tert-OH is 1. The second-order valence-electron chi connectivity index (χ2n) is 12.1. The largest absolute Gasteiger partial charge is 0.507 e. The van der Waals surface area contributed by atoms with E-state index in [-0.39, 0.29) is 54.1 Å². The lowest BCUT2D eigenvalue weighted by Gasteiger charge is -2.32. The summed E-state index contributed by atoms with van der Waals surface area (Å²) in [6, 6.07) is 3.42. The Morgan fingerprint density at radius 3 is 2.62 bits per heavy atom. The number of phenolic OH excluding ortho intramolecular Hbond substituents is 1. The summed E-state index contributed by atoms with van der Waals surface area (Å²) in [7, 11) is 0. The number of aromatic hydroxyl groups is 1. The summed E-state index contributed by atoms with van der Waals surface area (Å²) in [6.45, 7) is 14.1. The van der Waals surface area contributed by atoms with Crippen LogP contribution in [0.2, 0.25) is 0 Å². The van der Waals surface area contributed by atoms with Crippen LogP contribution in [0, 0.1) is 17.8 Å². The molecule has 1 aromatic rings. The molecule has 4 rings (SSSR count). The molecule has 0 radical (unpaired) electrons. The van der Waals surface area contributed by atoms with Gasteiger partial charge in [0.25, 0.3) is 0 Å². The van der Waals surface area contributed by atoms with Crippen molar-refractivity contribution in [3.05, 3.63) is 58.3 Å². The van der Waals surface area contributed by atoms with Crippen LogP contribution in [-0.4, -0.2) is 50.8 Å². The molecule has 0 spiro atoms. The average molecular weight is 552 g/mol. The van der Waals surface area contributed by atoms with E-state index >= 15 is 0 Å². The number of carboxylic acid groups (broad SMARTS) is 1. The highest BCUT2D eigenvalue weighted by Gasteiger charge is 2.53. The number of carbonyl (C=O) groups is 2. The number of amides is 1. The Morgan fingerprint density at radius 1 is 1.27 bits per heavy atom. The molecule has 218 valence electrons. The lowest BCUT2D eigenvalue weighted by molar-refractivity contribution is -0.138. The maximum atomic E-state index is 12.9. The highest BCUT2D eigenvalue weighted by molar-refractivity contribution is 5.96. The van der Waals surface area contributed by atoms with Crippen molar-refractivity contribution in [2.24, 2.45) is 17.8 Å². The Morgan fingerprint density at radius 2 is 2.00 bits per heavy atom. The number of allylic oxidation sites excluding steroid dienone is 3. The number of unbranched alkanes of at least 4 members (excludes halogenated alkanes) is 2. The number of carbonyl (C=O) groups excluding carboxylic acids is 1. The fourth-order valence-electron chi connectivity index (χ4n) is 7.03. The van der Waals surface area contributed by atoms with Gasteiger partial charge >= 0.3 is 5.97 Å². The standard InChI is InChI=1S/C33H45NO6/c1-7-8-9-10-22-14-27(36)30(25-13-19(4)11-12-23(25)18(2)3)28(15-22)40-17-26-20(5)31-24(21(6)35)16-29(37)34(31)32(26)33(38)39/h13-15,20-21,23-25,31,35-36H,2,7-12,16-17H2,1,3-6H3,(H,38,39)/t20-,21+,23-,24-,25+,31?/m0/s1. The second-order valence-corrected chi connectivity index (χ2v) is 12.1. The first-order chi connectivity index (χ1) is 19.0. The summed E-state index contributed by atoms with van der Waals surface area (Å²) < 4.78 is 6.47. The average Bonchev–Trinajstić information content (AvgIpc) is 3.37. The predicted octanol–water partition coefficient (Wildman–Crippen LogP) is 6.11. The van der Waals surface area contributed by atoms with E-state index < -0.39 is 18.1 Å². The van der Waals surface area contributed by atoms with Crippen LogP contribution >= 0.6 is 0 Å². The third kappa shape index (κ3) is 5.71. The summed E-state index contributed by atoms with van der Waals surface area (Å²) in [4.78, 5) is 26.7. The molecule has 1 aliphatic carbocycles. The number of phenols is 1. The minimum Gasteiger partial charge on any atom is -0.507 e. The Balaban J connectivity index is 1.74. The van der Waals surface area contributed by atoms with Crippen molar-refractivity contribution in [1.82, 2.24) is 4.90 Å². The van der Waals surface area contributed by atoms with Crippen molar-refractivity contribution >= 4 is 11.9 Å². The molecule has 3 N–H and O–H groups in total. The Kier molecular flexibility index (Phi) is 9.13. The smallest absolute Gasteiger partial charge is 0.352 e. The third-order valence-corrected chi connectivity index (χ3v) is 9.19. The predicted molar refractivity (Wildman–Crippen MR) is 155 cm³/mol. The molecule has 1 fully saturated rings. The molecular weight excluding hydrogens is 506 g/mol. The number of hydrogen-bond donors (Lipinski definition) is 3. The van der Waals surface area contributed by atoms with Gasteiger partial charge in [-0.3, -0.25) is 4.79 Å². The zero-order valence-corrected chi connectivity index (χ0v) is 24.6. The number of fused-ring (bicyclic) bond motifs is 1. The van der Waals surface area contributed by atoms with Gasteiger partial charge in [0.1, 0.15) is 23.8 Å². The molecule has 7 nitrogen and oxygen atoms in total. The fourth-order valence-corrected chi connectivity index (χ4v) is 7.03. The van der Waals surface area contributed by atoms with E-state index in [1.54, 1.807) is 6.92 Å². The molecule has 1 aromatic carbocycles. The number of benzene rings is 1. The first kappa shape index (κ1) is 29.9. The van der Waals surface area contributed by atoms with Gasteiger partial charge in [-0.1, -0.05) is 50.5 Å². The van der Waals surface area contributed by atoms with Crippen LogP contribution in [-0.2, 0) is 16.0 Å². The lowest BCUT2D eigenvalue weighted by Crippen LogP contribution is -2.38. The van der Waals surface area contributed by atoms with Crippen LogP contribution < -0.4 is 4.74 Å². The van der Waals surface area contributed by atoms with Gasteiger partial charge in [0.2, 0.25) is 5.91 Å². The summed E-state index contributed by atoms with van der Waals surface area (Å²) >= 11 is 0. The van der Waals surface area contributed by atoms with Crippen LogP contribution in [0.3, 0.4) is 0 Å². The molecule has 0 saturated carbocycles. The molecule has 3 aliphatic rings. The van der Waals surface area contributed by atoms with Crippen molar-refractivity contribution in [3.63, 3.8) is 0 Å².